The van der Waals surface area contributed by atoms with E-state index in [1.54, 1.807) is 24.5 Å². The third-order valence-electron chi connectivity index (χ3n) is 3.35. The first-order valence-electron chi connectivity index (χ1n) is 6.76. The van der Waals surface area contributed by atoms with Crippen LogP contribution in [0.4, 0.5) is 0 Å². The first-order chi connectivity index (χ1) is 9.99. The fraction of sp³-hybridized carbons (Fsp3) is 0.312. The van der Waals surface area contributed by atoms with Gasteiger partial charge in [-0.25, -0.2) is 0 Å². The van der Waals surface area contributed by atoms with E-state index in [0.717, 1.165) is 11.3 Å². The minimum Gasteiger partial charge on any atom is -0.507 e. The molecule has 1 heterocycles. The third-order valence-corrected chi connectivity index (χ3v) is 3.35. The number of nitrogens with zero attached hydrogens (tertiary/aromatic N) is 1. The fourth-order valence-corrected chi connectivity index (χ4v) is 2.14. The monoisotopic (exact) mass is 288 g/mol. The smallest absolute Gasteiger partial charge is 0.255 e. The lowest BCUT2D eigenvalue weighted by molar-refractivity contribution is 0.0936. The van der Waals surface area contributed by atoms with Crippen LogP contribution >= 0.6 is 0 Å². The Hall–Kier alpha value is -2.27. The van der Waals surface area contributed by atoms with Gasteiger partial charge in [0.15, 0.2) is 0 Å². The normalized spacial score (nSPS) is 12.4. The Balaban J connectivity index is 2.05. The first kappa shape index (κ1) is 15.1. The van der Waals surface area contributed by atoms with E-state index in [4.69, 9.17) is 4.42 Å². The molecule has 112 valence electrons. The average molecular weight is 288 g/mol. The number of likely N-dealkylation sites (N-methyl/N-ethyl adjacent to an activating group) is 1. The number of rotatable bonds is 5. The molecule has 2 rings (SSSR count). The van der Waals surface area contributed by atoms with Crippen LogP contribution in [0.1, 0.15) is 27.7 Å². The van der Waals surface area contributed by atoms with Gasteiger partial charge in [-0.15, -0.1) is 0 Å². The second kappa shape index (κ2) is 6.45. The van der Waals surface area contributed by atoms with Crippen molar-refractivity contribution in [2.24, 2.45) is 0 Å². The maximum absolute atomic E-state index is 12.2. The summed E-state index contributed by atoms with van der Waals surface area (Å²) in [5, 5.41) is 12.7. The van der Waals surface area contributed by atoms with E-state index in [0.29, 0.717) is 6.54 Å². The molecule has 2 N–H and O–H groups in total. The maximum Gasteiger partial charge on any atom is 0.255 e. The van der Waals surface area contributed by atoms with Crippen molar-refractivity contribution in [3.63, 3.8) is 0 Å². The van der Waals surface area contributed by atoms with Gasteiger partial charge in [0, 0.05) is 6.54 Å². The van der Waals surface area contributed by atoms with Crippen LogP contribution in [0, 0.1) is 6.92 Å². The highest BCUT2D eigenvalue weighted by molar-refractivity contribution is 5.96. The molecule has 0 fully saturated rings. The molecule has 1 amide bonds. The number of amides is 1. The van der Waals surface area contributed by atoms with Crippen molar-refractivity contribution in [2.75, 3.05) is 20.6 Å². The molecule has 0 aliphatic carbocycles. The molecule has 2 aromatic rings. The number of carbonyl (C=O) groups is 1. The molecule has 0 spiro atoms. The zero-order valence-corrected chi connectivity index (χ0v) is 12.5. The van der Waals surface area contributed by atoms with Crippen LogP contribution in [-0.4, -0.2) is 36.6 Å². The number of furan rings is 1. The summed E-state index contributed by atoms with van der Waals surface area (Å²) in [7, 11) is 3.84. The second-order valence-electron chi connectivity index (χ2n) is 5.23. The number of aromatic hydroxyl groups is 1. The van der Waals surface area contributed by atoms with E-state index in [1.165, 1.54) is 0 Å². The average Bonchev–Trinajstić information content (AvgIpc) is 2.92. The molecule has 0 aliphatic rings. The largest absolute Gasteiger partial charge is 0.507 e. The van der Waals surface area contributed by atoms with Crippen LogP contribution in [-0.2, 0) is 0 Å². The number of carbonyl (C=O) groups excluding carboxylic acids is 1. The Labute approximate surface area is 124 Å². The van der Waals surface area contributed by atoms with Crippen molar-refractivity contribution < 1.29 is 14.3 Å². The molecule has 0 bridgehead atoms. The van der Waals surface area contributed by atoms with Crippen molar-refractivity contribution in [3.8, 4) is 5.75 Å². The Kier molecular flexibility index (Phi) is 4.65. The zero-order chi connectivity index (χ0) is 15.4. The van der Waals surface area contributed by atoms with Crippen LogP contribution in [0.3, 0.4) is 0 Å². The van der Waals surface area contributed by atoms with Gasteiger partial charge in [0.25, 0.3) is 5.91 Å². The predicted molar refractivity (Wildman–Crippen MR) is 80.3 cm³/mol. The highest BCUT2D eigenvalue weighted by atomic mass is 16.3. The molecule has 1 unspecified atom stereocenters. The van der Waals surface area contributed by atoms with Gasteiger partial charge in [-0.3, -0.25) is 9.69 Å². The van der Waals surface area contributed by atoms with E-state index in [2.05, 4.69) is 5.32 Å². The van der Waals surface area contributed by atoms with E-state index >= 15 is 0 Å². The van der Waals surface area contributed by atoms with Crippen LogP contribution in [0.2, 0.25) is 0 Å². The highest BCUT2D eigenvalue weighted by Gasteiger charge is 2.19. The minimum absolute atomic E-state index is 0.00750. The Morgan fingerprint density at radius 1 is 1.38 bits per heavy atom. The summed E-state index contributed by atoms with van der Waals surface area (Å²) in [5.74, 6) is 0.478. The minimum atomic E-state index is -0.300. The van der Waals surface area contributed by atoms with Gasteiger partial charge in [0.1, 0.15) is 11.5 Å². The van der Waals surface area contributed by atoms with E-state index in [9.17, 15) is 9.90 Å². The Morgan fingerprint density at radius 2 is 2.14 bits per heavy atom. The van der Waals surface area contributed by atoms with Crippen molar-refractivity contribution in [1.29, 1.82) is 0 Å². The van der Waals surface area contributed by atoms with Crippen molar-refractivity contribution in [2.45, 2.75) is 13.0 Å². The molecule has 5 nitrogen and oxygen atoms in total. The number of phenols is 1. The second-order valence-corrected chi connectivity index (χ2v) is 5.23. The predicted octanol–water partition coefficient (Wildman–Crippen LogP) is 2.33. The quantitative estimate of drug-likeness (QED) is 0.886. The van der Waals surface area contributed by atoms with E-state index in [1.807, 2.05) is 38.1 Å². The molecular weight excluding hydrogens is 268 g/mol. The van der Waals surface area contributed by atoms with Gasteiger partial charge in [0.2, 0.25) is 0 Å². The molecule has 1 aromatic carbocycles. The summed E-state index contributed by atoms with van der Waals surface area (Å²) in [6.45, 7) is 2.26. The molecule has 1 atom stereocenters. The molecular formula is C16H20N2O3. The number of aryl methyl sites for hydroxylation is 1. The number of phenolic OH excluding ortho intramolecular Hbond substituents is 1. The zero-order valence-electron chi connectivity index (χ0n) is 12.5. The molecule has 0 saturated carbocycles. The summed E-state index contributed by atoms with van der Waals surface area (Å²) < 4.78 is 5.39. The van der Waals surface area contributed by atoms with Crippen molar-refractivity contribution >= 4 is 5.91 Å². The maximum atomic E-state index is 12.2. The van der Waals surface area contributed by atoms with Gasteiger partial charge in [-0.1, -0.05) is 6.07 Å². The van der Waals surface area contributed by atoms with E-state index < -0.39 is 0 Å². The number of nitrogens with one attached hydrogen (secondary N) is 1. The lowest BCUT2D eigenvalue weighted by Gasteiger charge is -2.22. The molecule has 0 aliphatic heterocycles. The van der Waals surface area contributed by atoms with Crippen LogP contribution < -0.4 is 5.32 Å². The molecule has 1 aromatic heterocycles. The van der Waals surface area contributed by atoms with Crippen LogP contribution in [0.15, 0.2) is 41.0 Å². The molecule has 0 radical (unpaired) electrons. The first-order valence-corrected chi connectivity index (χ1v) is 6.76. The van der Waals surface area contributed by atoms with Gasteiger partial charge >= 0.3 is 0 Å². The lowest BCUT2D eigenvalue weighted by Crippen LogP contribution is -2.34. The van der Waals surface area contributed by atoms with Crippen LogP contribution in [0.5, 0.6) is 5.75 Å². The third kappa shape index (κ3) is 3.64. The van der Waals surface area contributed by atoms with E-state index in [-0.39, 0.29) is 23.3 Å². The molecule has 21 heavy (non-hydrogen) atoms. The molecule has 0 saturated heterocycles. The number of hydrogen-bond donors (Lipinski definition) is 2. The molecule has 5 heteroatoms. The topological polar surface area (TPSA) is 65.7 Å². The van der Waals surface area contributed by atoms with Crippen molar-refractivity contribution in [1.82, 2.24) is 10.2 Å². The van der Waals surface area contributed by atoms with Gasteiger partial charge in [-0.05, 0) is 50.8 Å². The van der Waals surface area contributed by atoms with Crippen LogP contribution in [0.25, 0.3) is 0 Å². The Bertz CT molecular complexity index is 606. The summed E-state index contributed by atoms with van der Waals surface area (Å²) in [5.41, 5.74) is 1.18. The Morgan fingerprint density at radius 3 is 2.71 bits per heavy atom. The van der Waals surface area contributed by atoms with Gasteiger partial charge < -0.3 is 14.8 Å². The van der Waals surface area contributed by atoms with Crippen molar-refractivity contribution in [3.05, 3.63) is 53.5 Å². The summed E-state index contributed by atoms with van der Waals surface area (Å²) in [6.07, 6.45) is 1.61. The van der Waals surface area contributed by atoms with Gasteiger partial charge in [0.05, 0.1) is 17.9 Å². The number of hydrogen-bond acceptors (Lipinski definition) is 4. The summed E-state index contributed by atoms with van der Waals surface area (Å²) >= 11 is 0. The number of benzene rings is 1. The van der Waals surface area contributed by atoms with Gasteiger partial charge in [-0.2, -0.15) is 0 Å². The lowest BCUT2D eigenvalue weighted by atomic mass is 10.1. The summed E-state index contributed by atoms with van der Waals surface area (Å²) in [6, 6.07) is 8.63. The summed E-state index contributed by atoms with van der Waals surface area (Å²) in [4.78, 5) is 14.1. The highest BCUT2D eigenvalue weighted by Crippen LogP contribution is 2.20. The fourth-order valence-electron chi connectivity index (χ4n) is 2.14. The standard InChI is InChI=1S/C16H20N2O3/c1-11-6-7-12(14(19)9-11)16(20)17-10-13(18(2)3)15-5-4-8-21-15/h4-9,13,19H,10H2,1-3H3,(H,17,20). The SMILES string of the molecule is Cc1ccc(C(=O)NCC(c2ccco2)N(C)C)c(O)c1.